The van der Waals surface area contributed by atoms with E-state index in [4.69, 9.17) is 14.2 Å². The van der Waals surface area contributed by atoms with E-state index in [9.17, 15) is 0 Å². The monoisotopic (exact) mass is 361 g/mol. The van der Waals surface area contributed by atoms with E-state index in [0.29, 0.717) is 6.61 Å². The third-order valence-electron chi connectivity index (χ3n) is 4.60. The van der Waals surface area contributed by atoms with Crippen molar-refractivity contribution in [1.82, 2.24) is 19.5 Å². The van der Waals surface area contributed by atoms with Crippen molar-refractivity contribution in [2.75, 3.05) is 39.3 Å². The van der Waals surface area contributed by atoms with Crippen LogP contribution in [0.25, 0.3) is 11.2 Å². The Balaban J connectivity index is 1.88. The maximum atomic E-state index is 6.13. The van der Waals surface area contributed by atoms with Crippen LogP contribution >= 0.6 is 0 Å². The molecule has 2 aromatic heterocycles. The fourth-order valence-corrected chi connectivity index (χ4v) is 3.17. The van der Waals surface area contributed by atoms with Gasteiger partial charge in [0.1, 0.15) is 18.7 Å². The fourth-order valence-electron chi connectivity index (χ4n) is 3.17. The number of hydrogen-bond acceptors (Lipinski definition) is 7. The van der Waals surface area contributed by atoms with Crippen LogP contribution in [-0.2, 0) is 14.2 Å². The molecule has 0 saturated carbocycles. The predicted molar refractivity (Wildman–Crippen MR) is 99.2 cm³/mol. The molecule has 0 spiro atoms. The summed E-state index contributed by atoms with van der Waals surface area (Å²) >= 11 is 0. The number of anilines is 1. The van der Waals surface area contributed by atoms with Crippen molar-refractivity contribution in [1.29, 1.82) is 0 Å². The molecule has 1 fully saturated rings. The minimum absolute atomic E-state index is 0.0148. The quantitative estimate of drug-likeness (QED) is 0.700. The number of methoxy groups -OCH3 is 2. The average molecular weight is 361 g/mol. The second-order valence-corrected chi connectivity index (χ2v) is 6.78. The molecule has 142 valence electrons. The molecule has 0 bridgehead atoms. The van der Waals surface area contributed by atoms with Gasteiger partial charge in [-0.1, -0.05) is 11.6 Å². The highest BCUT2D eigenvalue weighted by atomic mass is 16.6. The molecule has 3 heterocycles. The third kappa shape index (κ3) is 3.72. The van der Waals surface area contributed by atoms with Gasteiger partial charge < -0.3 is 19.1 Å². The molecule has 0 N–H and O–H groups in total. The van der Waals surface area contributed by atoms with Gasteiger partial charge in [-0.25, -0.2) is 15.0 Å². The number of hydrogen-bond donors (Lipinski definition) is 0. The second-order valence-electron chi connectivity index (χ2n) is 6.78. The van der Waals surface area contributed by atoms with E-state index in [0.717, 1.165) is 29.9 Å². The summed E-state index contributed by atoms with van der Waals surface area (Å²) in [5, 5.41) is 0. The average Bonchev–Trinajstić information content (AvgIpc) is 3.23. The van der Waals surface area contributed by atoms with Gasteiger partial charge in [-0.3, -0.25) is 4.57 Å². The topological polar surface area (TPSA) is 74.5 Å². The van der Waals surface area contributed by atoms with Crippen molar-refractivity contribution in [3.05, 3.63) is 24.3 Å². The van der Waals surface area contributed by atoms with Gasteiger partial charge in [-0.15, -0.1) is 0 Å². The van der Waals surface area contributed by atoms with Crippen LogP contribution in [0, 0.1) is 0 Å². The highest BCUT2D eigenvalue weighted by Gasteiger charge is 2.37. The summed E-state index contributed by atoms with van der Waals surface area (Å²) in [5.41, 5.74) is 2.80. The summed E-state index contributed by atoms with van der Waals surface area (Å²) in [4.78, 5) is 15.5. The molecule has 26 heavy (non-hydrogen) atoms. The van der Waals surface area contributed by atoms with Crippen LogP contribution in [-0.4, -0.2) is 66.1 Å². The van der Waals surface area contributed by atoms with E-state index >= 15 is 0 Å². The number of aromatic nitrogens is 4. The molecule has 0 radical (unpaired) electrons. The Bertz CT molecular complexity index is 771. The first kappa shape index (κ1) is 18.8. The van der Waals surface area contributed by atoms with Crippen molar-refractivity contribution in [3.63, 3.8) is 0 Å². The maximum absolute atomic E-state index is 6.13. The lowest BCUT2D eigenvalue weighted by Gasteiger charge is -2.17. The molecular formula is C18H27N5O3. The van der Waals surface area contributed by atoms with Crippen LogP contribution in [0.3, 0.4) is 0 Å². The Morgan fingerprint density at radius 1 is 1.35 bits per heavy atom. The molecule has 1 aliphatic rings. The maximum Gasteiger partial charge on any atom is 0.167 e. The summed E-state index contributed by atoms with van der Waals surface area (Å²) in [5.74, 6) is 0.806. The van der Waals surface area contributed by atoms with Crippen molar-refractivity contribution in [3.8, 4) is 0 Å². The Kier molecular flexibility index (Phi) is 5.85. The van der Waals surface area contributed by atoms with Crippen molar-refractivity contribution >= 4 is 17.0 Å². The van der Waals surface area contributed by atoms with Crippen molar-refractivity contribution < 1.29 is 14.2 Å². The highest BCUT2D eigenvalue weighted by molar-refractivity contribution is 5.83. The standard InChI is InChI=1S/C18H27N5O3/c1-12(2)6-7-22(3)17-16-18(20-10-19-17)23(11-21-16)15-8-13(25-5)14(26-15)9-24-4/h6,10-11,13-15H,7-9H2,1-5H3/t13?,14-,15-/m0/s1. The number of likely N-dealkylation sites (N-methyl/N-ethyl adjacent to an activating group) is 1. The molecule has 3 rings (SSSR count). The van der Waals surface area contributed by atoms with Gasteiger partial charge in [-0.05, 0) is 13.8 Å². The van der Waals surface area contributed by atoms with Gasteiger partial charge in [-0.2, -0.15) is 0 Å². The molecule has 3 atom stereocenters. The Labute approximate surface area is 153 Å². The zero-order valence-electron chi connectivity index (χ0n) is 16.0. The zero-order valence-corrected chi connectivity index (χ0v) is 16.0. The van der Waals surface area contributed by atoms with Gasteiger partial charge in [0, 0.05) is 34.2 Å². The van der Waals surface area contributed by atoms with E-state index in [-0.39, 0.29) is 18.4 Å². The molecular weight excluding hydrogens is 334 g/mol. The minimum atomic E-state index is -0.184. The number of fused-ring (bicyclic) bond motifs is 1. The van der Waals surface area contributed by atoms with Gasteiger partial charge in [0.05, 0.1) is 19.0 Å². The van der Waals surface area contributed by atoms with E-state index < -0.39 is 0 Å². The largest absolute Gasteiger partial charge is 0.382 e. The van der Waals surface area contributed by atoms with E-state index in [1.54, 1.807) is 26.9 Å². The summed E-state index contributed by atoms with van der Waals surface area (Å²) in [6, 6.07) is 0. The number of allylic oxidation sites excluding steroid dienone is 1. The lowest BCUT2D eigenvalue weighted by molar-refractivity contribution is -0.0597. The third-order valence-corrected chi connectivity index (χ3v) is 4.60. The lowest BCUT2D eigenvalue weighted by atomic mass is 10.2. The molecule has 1 saturated heterocycles. The van der Waals surface area contributed by atoms with E-state index in [1.165, 1.54) is 5.57 Å². The second kappa shape index (κ2) is 8.11. The summed E-state index contributed by atoms with van der Waals surface area (Å²) in [6.07, 6.45) is 5.92. The van der Waals surface area contributed by atoms with Crippen molar-refractivity contribution in [2.45, 2.75) is 38.7 Å². The normalized spacial score (nSPS) is 22.7. The van der Waals surface area contributed by atoms with E-state index in [1.807, 2.05) is 11.6 Å². The van der Waals surface area contributed by atoms with Crippen LogP contribution in [0.1, 0.15) is 26.5 Å². The van der Waals surface area contributed by atoms with Crippen LogP contribution in [0.2, 0.25) is 0 Å². The van der Waals surface area contributed by atoms with E-state index in [2.05, 4.69) is 39.8 Å². The van der Waals surface area contributed by atoms with Crippen LogP contribution in [0.5, 0.6) is 0 Å². The molecule has 0 aromatic carbocycles. The Hall–Kier alpha value is -2.03. The predicted octanol–water partition coefficient (Wildman–Crippen LogP) is 2.18. The number of imidazole rings is 1. The van der Waals surface area contributed by atoms with Crippen LogP contribution in [0.15, 0.2) is 24.3 Å². The first-order valence-electron chi connectivity index (χ1n) is 8.74. The highest BCUT2D eigenvalue weighted by Crippen LogP contribution is 2.33. The molecule has 2 aromatic rings. The minimum Gasteiger partial charge on any atom is -0.382 e. The molecule has 1 unspecified atom stereocenters. The van der Waals surface area contributed by atoms with Crippen molar-refractivity contribution in [2.24, 2.45) is 0 Å². The Morgan fingerprint density at radius 2 is 2.15 bits per heavy atom. The van der Waals surface area contributed by atoms with Crippen LogP contribution in [0.4, 0.5) is 5.82 Å². The molecule has 8 nitrogen and oxygen atoms in total. The lowest BCUT2D eigenvalue weighted by Crippen LogP contribution is -2.27. The SMILES string of the molecule is COC[C@@H]1O[C@H](n2cnc3c(N(C)CC=C(C)C)ncnc32)CC1OC. The number of nitrogens with zero attached hydrogens (tertiary/aromatic N) is 5. The first-order valence-corrected chi connectivity index (χ1v) is 8.74. The summed E-state index contributed by atoms with van der Waals surface area (Å²) in [7, 11) is 5.36. The zero-order chi connectivity index (χ0) is 18.7. The molecule has 1 aliphatic heterocycles. The van der Waals surface area contributed by atoms with Gasteiger partial charge in [0.2, 0.25) is 0 Å². The van der Waals surface area contributed by atoms with Gasteiger partial charge >= 0.3 is 0 Å². The molecule has 0 aliphatic carbocycles. The summed E-state index contributed by atoms with van der Waals surface area (Å²) in [6.45, 7) is 5.42. The smallest absolute Gasteiger partial charge is 0.167 e. The molecule has 8 heteroatoms. The van der Waals surface area contributed by atoms with Gasteiger partial charge in [0.15, 0.2) is 17.0 Å². The fraction of sp³-hybridized carbons (Fsp3) is 0.611. The first-order chi connectivity index (χ1) is 12.5. The van der Waals surface area contributed by atoms with Crippen LogP contribution < -0.4 is 4.90 Å². The number of rotatable bonds is 7. The van der Waals surface area contributed by atoms with Gasteiger partial charge in [0.25, 0.3) is 0 Å². The molecule has 0 amide bonds. The summed E-state index contributed by atoms with van der Waals surface area (Å²) < 4.78 is 18.9. The number of ether oxygens (including phenoxy) is 3. The Morgan fingerprint density at radius 3 is 2.85 bits per heavy atom.